The van der Waals surface area contributed by atoms with E-state index in [4.69, 9.17) is 0 Å². The molecule has 2 heterocycles. The third-order valence-electron chi connectivity index (χ3n) is 3.85. The van der Waals surface area contributed by atoms with Gasteiger partial charge in [0.05, 0.1) is 7.11 Å². The molecule has 3 aromatic rings. The molecule has 9 heteroatoms. The molecule has 0 saturated carbocycles. The van der Waals surface area contributed by atoms with E-state index in [0.717, 1.165) is 21.4 Å². The number of sulfonamides is 1. The number of fused-ring (bicyclic) bond motifs is 1. The van der Waals surface area contributed by atoms with Crippen LogP contribution in [0, 0.1) is 0 Å². The van der Waals surface area contributed by atoms with Crippen molar-refractivity contribution in [3.05, 3.63) is 51.5 Å². The van der Waals surface area contributed by atoms with E-state index in [1.54, 1.807) is 6.92 Å². The van der Waals surface area contributed by atoms with Crippen molar-refractivity contribution in [1.29, 1.82) is 0 Å². The van der Waals surface area contributed by atoms with Gasteiger partial charge in [0.15, 0.2) is 0 Å². The number of carbonyl (C=O) groups is 1. The lowest BCUT2D eigenvalue weighted by molar-refractivity contribution is 0.0602. The Hall–Kier alpha value is -1.78. The van der Waals surface area contributed by atoms with E-state index in [1.165, 1.54) is 29.9 Å². The van der Waals surface area contributed by atoms with Gasteiger partial charge in [-0.05, 0) is 35.9 Å². The highest BCUT2D eigenvalue weighted by Crippen LogP contribution is 2.33. The SMILES string of the molecule is COC(=O)c1sccc1S(=O)(=O)NCC(C)(O)c1cc2ccccc2s1. The first kappa shape index (κ1) is 19.0. The zero-order valence-corrected chi connectivity index (χ0v) is 16.5. The second-order valence-electron chi connectivity index (χ2n) is 5.85. The summed E-state index contributed by atoms with van der Waals surface area (Å²) in [6.45, 7) is 1.33. The van der Waals surface area contributed by atoms with Gasteiger partial charge in [-0.3, -0.25) is 0 Å². The van der Waals surface area contributed by atoms with Crippen LogP contribution in [0.15, 0.2) is 46.7 Å². The quantitative estimate of drug-likeness (QED) is 0.609. The van der Waals surface area contributed by atoms with E-state index in [0.29, 0.717) is 4.88 Å². The molecule has 2 aromatic heterocycles. The Morgan fingerprint density at radius 1 is 1.31 bits per heavy atom. The molecular formula is C17H17NO5S3. The van der Waals surface area contributed by atoms with Gasteiger partial charge in [0.1, 0.15) is 15.4 Å². The van der Waals surface area contributed by atoms with Crippen molar-refractivity contribution in [2.24, 2.45) is 0 Å². The number of aliphatic hydroxyl groups is 1. The minimum absolute atomic E-state index is 0.00139. The first-order valence-electron chi connectivity index (χ1n) is 7.61. The van der Waals surface area contributed by atoms with Crippen LogP contribution in [-0.2, 0) is 20.4 Å². The minimum Gasteiger partial charge on any atom is -0.465 e. The van der Waals surface area contributed by atoms with Gasteiger partial charge in [-0.1, -0.05) is 18.2 Å². The summed E-state index contributed by atoms with van der Waals surface area (Å²) in [6, 6.07) is 10.9. The molecule has 1 atom stereocenters. The molecule has 0 amide bonds. The number of carbonyl (C=O) groups excluding carboxylic acids is 1. The van der Waals surface area contributed by atoms with Gasteiger partial charge in [0, 0.05) is 16.1 Å². The molecule has 2 N–H and O–H groups in total. The lowest BCUT2D eigenvalue weighted by Crippen LogP contribution is -2.38. The van der Waals surface area contributed by atoms with Gasteiger partial charge < -0.3 is 9.84 Å². The Morgan fingerprint density at radius 2 is 2.04 bits per heavy atom. The molecule has 26 heavy (non-hydrogen) atoms. The molecule has 0 aliphatic carbocycles. The predicted octanol–water partition coefficient (Wildman–Crippen LogP) is 2.94. The Labute approximate surface area is 159 Å². The molecule has 1 aromatic carbocycles. The normalized spacial score (nSPS) is 14.3. The summed E-state index contributed by atoms with van der Waals surface area (Å²) in [5, 5.41) is 13.3. The highest BCUT2D eigenvalue weighted by Gasteiger charge is 2.30. The number of thiophene rings is 2. The number of nitrogens with one attached hydrogen (secondary N) is 1. The fourth-order valence-corrected chi connectivity index (χ4v) is 5.97. The van der Waals surface area contributed by atoms with Crippen LogP contribution in [-0.4, -0.2) is 33.1 Å². The highest BCUT2D eigenvalue weighted by molar-refractivity contribution is 7.89. The monoisotopic (exact) mass is 411 g/mol. The van der Waals surface area contributed by atoms with Crippen LogP contribution in [0.4, 0.5) is 0 Å². The van der Waals surface area contributed by atoms with Crippen molar-refractivity contribution in [2.45, 2.75) is 17.4 Å². The van der Waals surface area contributed by atoms with Crippen LogP contribution in [0.3, 0.4) is 0 Å². The topological polar surface area (TPSA) is 92.7 Å². The van der Waals surface area contributed by atoms with Crippen LogP contribution in [0.25, 0.3) is 10.1 Å². The third-order valence-corrected chi connectivity index (χ3v) is 7.69. The van der Waals surface area contributed by atoms with E-state index in [9.17, 15) is 18.3 Å². The van der Waals surface area contributed by atoms with Crippen molar-refractivity contribution in [2.75, 3.05) is 13.7 Å². The molecule has 1 unspecified atom stereocenters. The van der Waals surface area contributed by atoms with Crippen LogP contribution >= 0.6 is 22.7 Å². The van der Waals surface area contributed by atoms with Crippen molar-refractivity contribution >= 4 is 48.8 Å². The zero-order valence-electron chi connectivity index (χ0n) is 14.1. The predicted molar refractivity (Wildman–Crippen MR) is 102 cm³/mol. The molecule has 0 radical (unpaired) electrons. The summed E-state index contributed by atoms with van der Waals surface area (Å²) < 4.78 is 33.1. The largest absolute Gasteiger partial charge is 0.465 e. The summed E-state index contributed by atoms with van der Waals surface area (Å²) >= 11 is 2.39. The molecule has 0 spiro atoms. The van der Waals surface area contributed by atoms with E-state index < -0.39 is 21.6 Å². The molecule has 0 bridgehead atoms. The average Bonchev–Trinajstić information content (AvgIpc) is 3.27. The van der Waals surface area contributed by atoms with E-state index in [1.807, 2.05) is 30.3 Å². The maximum absolute atomic E-state index is 12.6. The van der Waals surface area contributed by atoms with Gasteiger partial charge in [-0.25, -0.2) is 17.9 Å². The molecule has 138 valence electrons. The number of rotatable bonds is 6. The van der Waals surface area contributed by atoms with Crippen molar-refractivity contribution < 1.29 is 23.1 Å². The molecule has 3 rings (SSSR count). The number of benzene rings is 1. The molecular weight excluding hydrogens is 394 g/mol. The van der Waals surface area contributed by atoms with E-state index in [-0.39, 0.29) is 16.3 Å². The first-order chi connectivity index (χ1) is 12.2. The number of ether oxygens (including phenoxy) is 1. The Morgan fingerprint density at radius 3 is 2.73 bits per heavy atom. The lowest BCUT2D eigenvalue weighted by atomic mass is 10.1. The number of hydrogen-bond acceptors (Lipinski definition) is 7. The number of methoxy groups -OCH3 is 1. The number of esters is 1. The van der Waals surface area contributed by atoms with Crippen molar-refractivity contribution in [3.8, 4) is 0 Å². The standard InChI is InChI=1S/C17H17NO5S3/c1-17(20,14-9-11-5-3-4-6-12(11)25-14)10-18-26(21,22)13-7-8-24-15(13)16(19)23-2/h3-9,18,20H,10H2,1-2H3. The van der Waals surface area contributed by atoms with Crippen LogP contribution in [0.1, 0.15) is 21.5 Å². The summed E-state index contributed by atoms with van der Waals surface area (Å²) in [5.41, 5.74) is -1.39. The Bertz CT molecular complexity index is 1020. The van der Waals surface area contributed by atoms with Crippen LogP contribution in [0.2, 0.25) is 0 Å². The van der Waals surface area contributed by atoms with Crippen LogP contribution < -0.4 is 4.72 Å². The molecule has 6 nitrogen and oxygen atoms in total. The summed E-state index contributed by atoms with van der Waals surface area (Å²) in [7, 11) is -2.78. The number of hydrogen-bond donors (Lipinski definition) is 2. The Balaban J connectivity index is 1.82. The minimum atomic E-state index is -3.97. The van der Waals surface area contributed by atoms with Gasteiger partial charge in [0.2, 0.25) is 10.0 Å². The van der Waals surface area contributed by atoms with E-state index in [2.05, 4.69) is 9.46 Å². The first-order valence-corrected chi connectivity index (χ1v) is 10.8. The Kier molecular flexibility index (Phi) is 5.18. The second kappa shape index (κ2) is 7.09. The smallest absolute Gasteiger partial charge is 0.349 e. The molecule has 0 aliphatic heterocycles. The second-order valence-corrected chi connectivity index (χ2v) is 9.59. The van der Waals surface area contributed by atoms with Gasteiger partial charge >= 0.3 is 5.97 Å². The van der Waals surface area contributed by atoms with Crippen LogP contribution in [0.5, 0.6) is 0 Å². The fourth-order valence-electron chi connectivity index (χ4n) is 2.40. The molecule has 0 aliphatic rings. The average molecular weight is 412 g/mol. The summed E-state index contributed by atoms with van der Waals surface area (Å²) in [5.74, 6) is -0.711. The third kappa shape index (κ3) is 3.67. The highest BCUT2D eigenvalue weighted by atomic mass is 32.2. The lowest BCUT2D eigenvalue weighted by Gasteiger charge is -2.22. The van der Waals surface area contributed by atoms with Gasteiger partial charge in [-0.2, -0.15) is 0 Å². The maximum atomic E-state index is 12.6. The van der Waals surface area contributed by atoms with Gasteiger partial charge in [-0.15, -0.1) is 22.7 Å². The van der Waals surface area contributed by atoms with Crippen molar-refractivity contribution in [3.63, 3.8) is 0 Å². The molecule has 0 fully saturated rings. The summed E-state index contributed by atoms with van der Waals surface area (Å²) in [4.78, 5) is 12.2. The van der Waals surface area contributed by atoms with E-state index >= 15 is 0 Å². The summed E-state index contributed by atoms with van der Waals surface area (Å²) in [6.07, 6.45) is 0. The molecule has 0 saturated heterocycles. The maximum Gasteiger partial charge on any atom is 0.349 e. The zero-order chi connectivity index (χ0) is 18.9. The fraction of sp³-hybridized carbons (Fsp3) is 0.235. The van der Waals surface area contributed by atoms with Gasteiger partial charge in [0.25, 0.3) is 0 Å². The van der Waals surface area contributed by atoms with Crippen molar-refractivity contribution in [1.82, 2.24) is 4.72 Å².